The van der Waals surface area contributed by atoms with E-state index in [1.165, 1.54) is 16.2 Å². The molecule has 1 fully saturated rings. The summed E-state index contributed by atoms with van der Waals surface area (Å²) in [4.78, 5) is 33.4. The second-order valence-corrected chi connectivity index (χ2v) is 11.7. The summed E-state index contributed by atoms with van der Waals surface area (Å²) < 4.78 is 12.6. The summed E-state index contributed by atoms with van der Waals surface area (Å²) in [6.07, 6.45) is 0.698. The molecular formula is C33H23ClN2O5S. The van der Waals surface area contributed by atoms with Gasteiger partial charge in [-0.3, -0.25) is 14.5 Å². The van der Waals surface area contributed by atoms with E-state index in [0.29, 0.717) is 44.7 Å². The number of anilines is 1. The Labute approximate surface area is 250 Å². The van der Waals surface area contributed by atoms with E-state index in [1.807, 2.05) is 43.3 Å². The number of Topliss-reactive ketones (excluding diaryl/α,β-unsaturated/α-hetero) is 1. The van der Waals surface area contributed by atoms with Gasteiger partial charge in [0.15, 0.2) is 5.13 Å². The fraction of sp³-hybridized carbons (Fsp3) is 0.121. The first-order chi connectivity index (χ1) is 20.4. The number of thiazole rings is 1. The Bertz CT molecular complexity index is 1920. The van der Waals surface area contributed by atoms with E-state index in [0.717, 1.165) is 16.0 Å². The number of rotatable bonds is 5. The van der Waals surface area contributed by atoms with Crippen LogP contribution in [0.3, 0.4) is 0 Å². The highest BCUT2D eigenvalue weighted by atomic mass is 35.5. The number of carbonyl (C=O) groups excluding carboxylic acids is 2. The van der Waals surface area contributed by atoms with Crippen molar-refractivity contribution in [3.63, 3.8) is 0 Å². The molecule has 0 bridgehead atoms. The van der Waals surface area contributed by atoms with E-state index < -0.39 is 17.7 Å². The van der Waals surface area contributed by atoms with Crippen LogP contribution in [0.4, 0.5) is 5.13 Å². The fourth-order valence-electron chi connectivity index (χ4n) is 5.43. The van der Waals surface area contributed by atoms with Crippen LogP contribution < -0.4 is 14.4 Å². The summed E-state index contributed by atoms with van der Waals surface area (Å²) >= 11 is 7.46. The zero-order chi connectivity index (χ0) is 29.0. The standard InChI is InChI=1S/C33H23ClN2O5S/c1-18-14-21-15-20(10-13-26(21)40-18)30(37)28-29(19-6-5-9-24(16-19)41-23-7-3-2-4-8-23)36(32(39)31(28)38)33-35-25-12-11-22(34)17-27(25)42-33/h2-13,15-18,29,37H,14H2,1H3/b30-28+/t18-,29+/m0/s1. The Morgan fingerprint density at radius 3 is 2.64 bits per heavy atom. The molecule has 1 aromatic heterocycles. The van der Waals surface area contributed by atoms with Gasteiger partial charge in [-0.25, -0.2) is 4.98 Å². The van der Waals surface area contributed by atoms with Crippen molar-refractivity contribution >= 4 is 55.7 Å². The summed E-state index contributed by atoms with van der Waals surface area (Å²) in [5, 5.41) is 12.5. The van der Waals surface area contributed by atoms with Crippen LogP contribution in [0, 0.1) is 0 Å². The van der Waals surface area contributed by atoms with Gasteiger partial charge >= 0.3 is 5.91 Å². The Balaban J connectivity index is 1.38. The number of hydrogen-bond donors (Lipinski definition) is 1. The first-order valence-corrected chi connectivity index (χ1v) is 14.5. The van der Waals surface area contributed by atoms with Crippen molar-refractivity contribution in [2.75, 3.05) is 4.90 Å². The number of halogens is 1. The molecule has 1 saturated heterocycles. The molecule has 0 unspecified atom stereocenters. The van der Waals surface area contributed by atoms with Gasteiger partial charge in [0.2, 0.25) is 0 Å². The molecular weight excluding hydrogens is 572 g/mol. The molecule has 1 N–H and O–H groups in total. The van der Waals surface area contributed by atoms with Crippen LogP contribution in [-0.2, 0) is 16.0 Å². The molecule has 2 atom stereocenters. The van der Waals surface area contributed by atoms with Crippen LogP contribution in [0.5, 0.6) is 17.2 Å². The first-order valence-electron chi connectivity index (χ1n) is 13.4. The molecule has 2 aliphatic heterocycles. The minimum absolute atomic E-state index is 0.0165. The Morgan fingerprint density at radius 1 is 1.00 bits per heavy atom. The molecule has 42 heavy (non-hydrogen) atoms. The van der Waals surface area contributed by atoms with Gasteiger partial charge in [0, 0.05) is 17.0 Å². The smallest absolute Gasteiger partial charge is 0.301 e. The number of fused-ring (bicyclic) bond motifs is 2. The Kier molecular flexibility index (Phi) is 6.45. The number of carbonyl (C=O) groups is 2. The van der Waals surface area contributed by atoms with Crippen molar-refractivity contribution in [1.29, 1.82) is 0 Å². The lowest BCUT2D eigenvalue weighted by Crippen LogP contribution is -2.29. The van der Waals surface area contributed by atoms with Crippen molar-refractivity contribution < 1.29 is 24.2 Å². The number of aliphatic hydroxyl groups is 1. The third-order valence-electron chi connectivity index (χ3n) is 7.31. The van der Waals surface area contributed by atoms with E-state index in [1.54, 1.807) is 54.6 Å². The molecule has 208 valence electrons. The quantitative estimate of drug-likeness (QED) is 0.127. The van der Waals surface area contributed by atoms with Gasteiger partial charge in [-0.2, -0.15) is 0 Å². The number of ketones is 1. The normalized spacial score (nSPS) is 19.2. The second-order valence-electron chi connectivity index (χ2n) is 10.2. The molecule has 3 heterocycles. The highest BCUT2D eigenvalue weighted by Gasteiger charge is 2.48. The van der Waals surface area contributed by atoms with Crippen LogP contribution in [0.2, 0.25) is 5.02 Å². The molecule has 2 aliphatic rings. The minimum atomic E-state index is -0.955. The van der Waals surface area contributed by atoms with Gasteiger partial charge in [0.1, 0.15) is 29.1 Å². The number of amides is 1. The summed E-state index contributed by atoms with van der Waals surface area (Å²) in [5.74, 6) is 0.0653. The molecule has 4 aromatic carbocycles. The van der Waals surface area contributed by atoms with Crippen molar-refractivity contribution in [2.24, 2.45) is 0 Å². The Hall–Kier alpha value is -4.66. The van der Waals surface area contributed by atoms with Crippen molar-refractivity contribution in [2.45, 2.75) is 25.5 Å². The average Bonchev–Trinajstić information content (AvgIpc) is 3.65. The molecule has 0 radical (unpaired) electrons. The molecule has 0 aliphatic carbocycles. The molecule has 7 nitrogen and oxygen atoms in total. The van der Waals surface area contributed by atoms with Crippen LogP contribution in [0.1, 0.15) is 29.7 Å². The summed E-state index contributed by atoms with van der Waals surface area (Å²) in [6.45, 7) is 1.97. The van der Waals surface area contributed by atoms with E-state index in [9.17, 15) is 14.7 Å². The first kappa shape index (κ1) is 26.3. The van der Waals surface area contributed by atoms with E-state index in [2.05, 4.69) is 4.98 Å². The van der Waals surface area contributed by atoms with Gasteiger partial charge < -0.3 is 14.6 Å². The maximum Gasteiger partial charge on any atom is 0.301 e. The maximum absolute atomic E-state index is 13.7. The zero-order valence-electron chi connectivity index (χ0n) is 22.3. The molecule has 1 amide bonds. The van der Waals surface area contributed by atoms with Crippen LogP contribution in [0.15, 0.2) is 96.6 Å². The highest BCUT2D eigenvalue weighted by molar-refractivity contribution is 7.22. The lowest BCUT2D eigenvalue weighted by molar-refractivity contribution is -0.132. The van der Waals surface area contributed by atoms with Gasteiger partial charge in [0.25, 0.3) is 5.78 Å². The maximum atomic E-state index is 13.7. The third kappa shape index (κ3) is 4.58. The zero-order valence-corrected chi connectivity index (χ0v) is 23.9. The van der Waals surface area contributed by atoms with E-state index in [-0.39, 0.29) is 17.4 Å². The van der Waals surface area contributed by atoms with E-state index >= 15 is 0 Å². The molecule has 0 saturated carbocycles. The number of nitrogens with zero attached hydrogens (tertiary/aromatic N) is 2. The minimum Gasteiger partial charge on any atom is -0.507 e. The fourth-order valence-corrected chi connectivity index (χ4v) is 6.70. The number of hydrogen-bond acceptors (Lipinski definition) is 7. The van der Waals surface area contributed by atoms with Gasteiger partial charge in [-0.05, 0) is 78.7 Å². The third-order valence-corrected chi connectivity index (χ3v) is 8.56. The largest absolute Gasteiger partial charge is 0.507 e. The van der Waals surface area contributed by atoms with Crippen molar-refractivity contribution in [3.05, 3.63) is 118 Å². The Morgan fingerprint density at radius 2 is 1.81 bits per heavy atom. The summed E-state index contributed by atoms with van der Waals surface area (Å²) in [7, 11) is 0. The number of aliphatic hydroxyl groups excluding tert-OH is 1. The van der Waals surface area contributed by atoms with Crippen molar-refractivity contribution in [3.8, 4) is 17.2 Å². The predicted octanol–water partition coefficient (Wildman–Crippen LogP) is 7.69. The van der Waals surface area contributed by atoms with Crippen molar-refractivity contribution in [1.82, 2.24) is 4.98 Å². The van der Waals surface area contributed by atoms with E-state index in [4.69, 9.17) is 21.1 Å². The average molecular weight is 595 g/mol. The summed E-state index contributed by atoms with van der Waals surface area (Å²) in [6, 6.07) is 26.1. The molecule has 7 rings (SSSR count). The number of aromatic nitrogens is 1. The monoisotopic (exact) mass is 594 g/mol. The SMILES string of the molecule is C[C@H]1Cc2cc(/C(O)=C3\C(=O)C(=O)N(c4nc5ccc(Cl)cc5s4)[C@@H]3c3cccc(Oc4ccccc4)c3)ccc2O1. The number of para-hydroxylation sites is 1. The van der Waals surface area contributed by atoms with Gasteiger partial charge in [-0.15, -0.1) is 0 Å². The lowest BCUT2D eigenvalue weighted by Gasteiger charge is -2.23. The molecule has 9 heteroatoms. The topological polar surface area (TPSA) is 89.0 Å². The summed E-state index contributed by atoms with van der Waals surface area (Å²) in [5.41, 5.74) is 2.57. The van der Waals surface area contributed by atoms with Crippen LogP contribution in [-0.4, -0.2) is 27.9 Å². The highest BCUT2D eigenvalue weighted by Crippen LogP contribution is 2.45. The number of ether oxygens (including phenoxy) is 2. The molecule has 0 spiro atoms. The van der Waals surface area contributed by atoms with Crippen LogP contribution >= 0.6 is 22.9 Å². The van der Waals surface area contributed by atoms with Gasteiger partial charge in [0.05, 0.1) is 21.8 Å². The van der Waals surface area contributed by atoms with Gasteiger partial charge in [-0.1, -0.05) is 53.3 Å². The van der Waals surface area contributed by atoms with Crippen LogP contribution in [0.25, 0.3) is 16.0 Å². The lowest BCUT2D eigenvalue weighted by atomic mass is 9.94. The predicted molar refractivity (Wildman–Crippen MR) is 163 cm³/mol. The number of benzene rings is 4. The second kappa shape index (κ2) is 10.3. The molecule has 5 aromatic rings.